The summed E-state index contributed by atoms with van der Waals surface area (Å²) in [4.78, 5) is 0. The van der Waals surface area contributed by atoms with Gasteiger partial charge in [0.25, 0.3) is 0 Å². The monoisotopic (exact) mass is 452 g/mol. The van der Waals surface area contributed by atoms with Crippen molar-refractivity contribution < 1.29 is 22.8 Å². The molecule has 9 heteroatoms. The maximum Gasteiger partial charge on any atom is 0.217 e. The van der Waals surface area contributed by atoms with E-state index in [1.807, 2.05) is 55.1 Å². The first kappa shape index (κ1) is 22.9. The summed E-state index contributed by atoms with van der Waals surface area (Å²) in [5.74, 6) is 3.24. The molecule has 0 aliphatic carbocycles. The summed E-state index contributed by atoms with van der Waals surface area (Å²) in [6, 6.07) is 14.1. The first-order chi connectivity index (χ1) is 14.7. The van der Waals surface area contributed by atoms with Crippen LogP contribution >= 0.6 is 24.1 Å². The Bertz CT molecular complexity index is 792. The van der Waals surface area contributed by atoms with Crippen molar-refractivity contribution in [3.05, 3.63) is 48.0 Å². The number of benzene rings is 2. The fourth-order valence-corrected chi connectivity index (χ4v) is 4.01. The number of nitrogens with zero attached hydrogens (tertiary/aromatic N) is 1. The second-order valence-corrected chi connectivity index (χ2v) is 7.86. The van der Waals surface area contributed by atoms with Crippen LogP contribution in [0.2, 0.25) is 0 Å². The van der Waals surface area contributed by atoms with Gasteiger partial charge < -0.3 is 19.5 Å². The van der Waals surface area contributed by atoms with Crippen molar-refractivity contribution >= 4 is 29.8 Å². The van der Waals surface area contributed by atoms with Gasteiger partial charge in [0.05, 0.1) is 13.7 Å². The predicted octanol–water partition coefficient (Wildman–Crippen LogP) is 4.28. The minimum absolute atomic E-state index is 0.305. The maximum absolute atomic E-state index is 5.92. The number of anilines is 1. The number of para-hydroxylation sites is 2. The summed E-state index contributed by atoms with van der Waals surface area (Å²) < 4.78 is 27.4. The van der Waals surface area contributed by atoms with E-state index in [0.29, 0.717) is 25.0 Å². The van der Waals surface area contributed by atoms with E-state index in [9.17, 15) is 0 Å². The lowest BCUT2D eigenvalue weighted by atomic mass is 10.1. The first-order valence-electron chi connectivity index (χ1n) is 9.80. The van der Waals surface area contributed by atoms with E-state index in [1.165, 1.54) is 10.8 Å². The number of methoxy groups -OCH3 is 1. The maximum atomic E-state index is 5.92. The molecule has 0 saturated carbocycles. The smallest absolute Gasteiger partial charge is 0.217 e. The Morgan fingerprint density at radius 1 is 1.10 bits per heavy atom. The highest BCUT2D eigenvalue weighted by atomic mass is 32.2. The largest absolute Gasteiger partial charge is 0.494 e. The molecule has 1 atom stereocenters. The van der Waals surface area contributed by atoms with Crippen molar-refractivity contribution in [1.82, 2.24) is 5.32 Å². The van der Waals surface area contributed by atoms with Crippen molar-refractivity contribution in [1.29, 1.82) is 0 Å². The third-order valence-electron chi connectivity index (χ3n) is 4.43. The lowest BCUT2D eigenvalue weighted by Gasteiger charge is -2.28. The van der Waals surface area contributed by atoms with Crippen LogP contribution in [0.5, 0.6) is 17.2 Å². The quantitative estimate of drug-likeness (QED) is 0.354. The zero-order valence-electron chi connectivity index (χ0n) is 17.5. The van der Waals surface area contributed by atoms with Gasteiger partial charge in [0.1, 0.15) is 18.0 Å². The van der Waals surface area contributed by atoms with Gasteiger partial charge in [-0.25, -0.2) is 0 Å². The van der Waals surface area contributed by atoms with Gasteiger partial charge in [0, 0.05) is 18.3 Å². The van der Waals surface area contributed by atoms with Crippen LogP contribution in [0, 0.1) is 0 Å². The minimum atomic E-state index is 0.305. The molecule has 164 valence electrons. The summed E-state index contributed by atoms with van der Waals surface area (Å²) in [6.07, 6.45) is 2.98. The lowest BCUT2D eigenvalue weighted by molar-refractivity contribution is 0.0256. The molecule has 2 aromatic carbocycles. The van der Waals surface area contributed by atoms with Crippen LogP contribution in [0.15, 0.2) is 42.5 Å². The first-order valence-corrected chi connectivity index (χ1v) is 11.9. The number of hydrogen-bond acceptors (Lipinski definition) is 9. The third-order valence-corrected chi connectivity index (χ3v) is 5.56. The second kappa shape index (κ2) is 12.2. The molecule has 1 heterocycles. The number of nitrogens with one attached hydrogen (secondary N) is 1. The standard InChI is InChI=1S/C21H28N2O5S2/c1-4-25-20-7-5-6-8-21(20)26-12-11-22-17(15-29-3)13-16-9-10-19(24-2)18(14-16)23-27-30-28-23/h5-10,14,17,22H,4,11-13,15H2,1-3H3/t17-/m0/s1. The Labute approximate surface area is 186 Å². The molecule has 1 saturated heterocycles. The predicted molar refractivity (Wildman–Crippen MR) is 122 cm³/mol. The average Bonchev–Trinajstić information content (AvgIpc) is 2.71. The molecule has 0 amide bonds. The molecule has 7 nitrogen and oxygen atoms in total. The van der Waals surface area contributed by atoms with Crippen LogP contribution in [0.25, 0.3) is 0 Å². The fraction of sp³-hybridized carbons (Fsp3) is 0.429. The van der Waals surface area contributed by atoms with Crippen molar-refractivity contribution in [3.63, 3.8) is 0 Å². The molecule has 1 N–H and O–H groups in total. The summed E-state index contributed by atoms with van der Waals surface area (Å²) in [5.41, 5.74) is 1.93. The Morgan fingerprint density at radius 2 is 1.87 bits per heavy atom. The fourth-order valence-electron chi connectivity index (χ4n) is 3.09. The number of hydrogen-bond donors (Lipinski definition) is 1. The molecule has 30 heavy (non-hydrogen) atoms. The highest BCUT2D eigenvalue weighted by Gasteiger charge is 2.24. The zero-order chi connectivity index (χ0) is 21.2. The van der Waals surface area contributed by atoms with E-state index in [1.54, 1.807) is 7.11 Å². The molecule has 3 rings (SSSR count). The summed E-state index contributed by atoms with van der Waals surface area (Å²) in [5, 5.41) is 4.95. The van der Waals surface area contributed by atoms with Crippen LogP contribution in [0.4, 0.5) is 5.69 Å². The van der Waals surface area contributed by atoms with Crippen LogP contribution < -0.4 is 24.8 Å². The molecule has 1 aliphatic heterocycles. The molecule has 2 aromatic rings. The van der Waals surface area contributed by atoms with Gasteiger partial charge >= 0.3 is 0 Å². The molecule has 1 fully saturated rings. The summed E-state index contributed by atoms with van der Waals surface area (Å²) >= 11 is 2.75. The van der Waals surface area contributed by atoms with E-state index in [2.05, 4.69) is 17.6 Å². The number of thioether (sulfide) groups is 1. The van der Waals surface area contributed by atoms with Crippen LogP contribution in [-0.2, 0) is 15.0 Å². The van der Waals surface area contributed by atoms with Gasteiger partial charge in [-0.1, -0.05) is 23.4 Å². The van der Waals surface area contributed by atoms with Gasteiger partial charge in [-0.2, -0.15) is 11.8 Å². The lowest BCUT2D eigenvalue weighted by Crippen LogP contribution is -2.36. The van der Waals surface area contributed by atoms with Gasteiger partial charge in [-0.3, -0.25) is 0 Å². The van der Waals surface area contributed by atoms with Crippen molar-refractivity contribution in [2.75, 3.05) is 44.1 Å². The van der Waals surface area contributed by atoms with E-state index in [-0.39, 0.29) is 0 Å². The Balaban J connectivity index is 1.54. The number of rotatable bonds is 13. The van der Waals surface area contributed by atoms with Crippen molar-refractivity contribution in [3.8, 4) is 17.2 Å². The van der Waals surface area contributed by atoms with Gasteiger partial charge in [0.15, 0.2) is 11.5 Å². The topological polar surface area (TPSA) is 61.4 Å². The van der Waals surface area contributed by atoms with Gasteiger partial charge in [0.2, 0.25) is 12.3 Å². The van der Waals surface area contributed by atoms with E-state index in [4.69, 9.17) is 22.8 Å². The molecular formula is C21H28N2O5S2. The van der Waals surface area contributed by atoms with Crippen molar-refractivity contribution in [2.45, 2.75) is 19.4 Å². The molecule has 0 unspecified atom stereocenters. The van der Waals surface area contributed by atoms with Gasteiger partial charge in [-0.05, 0) is 49.4 Å². The zero-order valence-corrected chi connectivity index (χ0v) is 19.1. The average molecular weight is 453 g/mol. The van der Waals surface area contributed by atoms with Crippen LogP contribution in [-0.4, -0.2) is 44.9 Å². The van der Waals surface area contributed by atoms with Crippen LogP contribution in [0.3, 0.4) is 0 Å². The van der Waals surface area contributed by atoms with Gasteiger partial charge in [-0.15, -0.1) is 8.57 Å². The molecule has 0 radical (unpaired) electrons. The molecule has 0 aromatic heterocycles. The SMILES string of the molecule is CCOc1ccccc1OCCN[C@H](CSC)Cc1ccc(OC)c(N2OSO2)c1. The van der Waals surface area contributed by atoms with E-state index < -0.39 is 0 Å². The Hall–Kier alpha value is -1.78. The van der Waals surface area contributed by atoms with Crippen LogP contribution in [0.1, 0.15) is 12.5 Å². The summed E-state index contributed by atoms with van der Waals surface area (Å²) in [7, 11) is 1.63. The molecule has 1 aliphatic rings. The normalized spacial score (nSPS) is 14.2. The van der Waals surface area contributed by atoms with E-state index >= 15 is 0 Å². The second-order valence-electron chi connectivity index (χ2n) is 6.52. The minimum Gasteiger partial charge on any atom is -0.494 e. The molecule has 0 bridgehead atoms. The number of ether oxygens (including phenoxy) is 3. The van der Waals surface area contributed by atoms with E-state index in [0.717, 1.165) is 48.2 Å². The van der Waals surface area contributed by atoms with Crippen molar-refractivity contribution in [2.24, 2.45) is 0 Å². The third kappa shape index (κ3) is 6.36. The Morgan fingerprint density at radius 3 is 2.50 bits per heavy atom. The molecule has 0 spiro atoms. The Kier molecular flexibility index (Phi) is 9.28. The molecular weight excluding hydrogens is 424 g/mol. The highest BCUT2D eigenvalue weighted by Crippen LogP contribution is 2.38. The summed E-state index contributed by atoms with van der Waals surface area (Å²) in [6.45, 7) is 3.89. The highest BCUT2D eigenvalue weighted by molar-refractivity contribution is 7.98.